The van der Waals surface area contributed by atoms with E-state index in [-0.39, 0.29) is 11.6 Å². The summed E-state index contributed by atoms with van der Waals surface area (Å²) in [6.07, 6.45) is -2.82. The van der Waals surface area contributed by atoms with E-state index in [9.17, 15) is 18.0 Å². The number of rotatable bonds is 4. The average Bonchev–Trinajstić information content (AvgIpc) is 3.20. The van der Waals surface area contributed by atoms with Crippen molar-refractivity contribution in [3.8, 4) is 0 Å². The van der Waals surface area contributed by atoms with Crippen molar-refractivity contribution in [2.75, 3.05) is 0 Å². The molecule has 1 aromatic heterocycles. The van der Waals surface area contributed by atoms with Crippen molar-refractivity contribution in [3.63, 3.8) is 0 Å². The quantitative estimate of drug-likeness (QED) is 0.806. The van der Waals surface area contributed by atoms with Crippen LogP contribution >= 0.6 is 11.3 Å². The molecule has 0 radical (unpaired) electrons. The molecule has 0 atom stereocenters. The summed E-state index contributed by atoms with van der Waals surface area (Å²) in [5.41, 5.74) is -0.178. The Labute approximate surface area is 130 Å². The normalized spacial score (nSPS) is 14.9. The van der Waals surface area contributed by atoms with Crippen molar-refractivity contribution < 1.29 is 18.0 Å². The second-order valence-electron chi connectivity index (χ2n) is 5.34. The van der Waals surface area contributed by atoms with Gasteiger partial charge >= 0.3 is 6.18 Å². The minimum absolute atomic E-state index is 0.0497. The Kier molecular flexibility index (Phi) is 3.95. The molecule has 0 aliphatic heterocycles. The summed E-state index contributed by atoms with van der Waals surface area (Å²) in [4.78, 5) is 14.2. The van der Waals surface area contributed by atoms with Crippen LogP contribution in [0.2, 0.25) is 0 Å². The van der Waals surface area contributed by atoms with E-state index < -0.39 is 17.6 Å². The molecule has 1 heterocycles. The molecular weight excluding hydrogens is 311 g/mol. The monoisotopic (exact) mass is 325 g/mol. The Morgan fingerprint density at radius 1 is 1.23 bits per heavy atom. The van der Waals surface area contributed by atoms with Crippen LogP contribution in [0.4, 0.5) is 13.2 Å². The Balaban J connectivity index is 1.91. The van der Waals surface area contributed by atoms with Gasteiger partial charge < -0.3 is 4.90 Å². The molecule has 22 heavy (non-hydrogen) atoms. The highest BCUT2D eigenvalue weighted by Crippen LogP contribution is 2.35. The van der Waals surface area contributed by atoms with E-state index in [1.54, 1.807) is 4.90 Å². The van der Waals surface area contributed by atoms with Crippen LogP contribution in [0.3, 0.4) is 0 Å². The van der Waals surface area contributed by atoms with Gasteiger partial charge in [0.15, 0.2) is 0 Å². The maximum atomic E-state index is 13.1. The van der Waals surface area contributed by atoms with Crippen LogP contribution in [-0.2, 0) is 12.7 Å². The van der Waals surface area contributed by atoms with Gasteiger partial charge in [-0.1, -0.05) is 12.1 Å². The Morgan fingerprint density at radius 2 is 1.95 bits per heavy atom. The molecule has 3 rings (SSSR count). The van der Waals surface area contributed by atoms with E-state index in [1.165, 1.54) is 29.5 Å². The first-order valence-electron chi connectivity index (χ1n) is 6.95. The largest absolute Gasteiger partial charge is 0.417 e. The molecule has 1 amide bonds. The lowest BCUT2D eigenvalue weighted by atomic mass is 10.1. The molecule has 0 unspecified atom stereocenters. The molecule has 2 nitrogen and oxygen atoms in total. The number of hydrogen-bond acceptors (Lipinski definition) is 2. The number of hydrogen-bond donors (Lipinski definition) is 0. The Hall–Kier alpha value is -1.82. The number of nitrogens with zero attached hydrogens (tertiary/aromatic N) is 1. The van der Waals surface area contributed by atoms with Crippen LogP contribution < -0.4 is 0 Å². The summed E-state index contributed by atoms with van der Waals surface area (Å²) >= 11 is 1.51. The van der Waals surface area contributed by atoms with E-state index in [0.29, 0.717) is 6.54 Å². The lowest BCUT2D eigenvalue weighted by Gasteiger charge is -2.24. The number of alkyl halides is 3. The van der Waals surface area contributed by atoms with Crippen molar-refractivity contribution in [2.24, 2.45) is 0 Å². The first-order valence-corrected chi connectivity index (χ1v) is 7.89. The molecule has 6 heteroatoms. The number of thiophene rings is 1. The molecule has 0 spiro atoms. The van der Waals surface area contributed by atoms with E-state index in [4.69, 9.17) is 0 Å². The summed E-state index contributed by atoms with van der Waals surface area (Å²) in [5, 5.41) is 3.81. The van der Waals surface area contributed by atoms with Crippen LogP contribution in [0, 0.1) is 0 Å². The zero-order valence-corrected chi connectivity index (χ0v) is 12.5. The third kappa shape index (κ3) is 3.16. The van der Waals surface area contributed by atoms with E-state index >= 15 is 0 Å². The van der Waals surface area contributed by atoms with Crippen LogP contribution in [0.5, 0.6) is 0 Å². The van der Waals surface area contributed by atoms with Gasteiger partial charge in [0.1, 0.15) is 0 Å². The van der Waals surface area contributed by atoms with Gasteiger partial charge in [-0.3, -0.25) is 4.79 Å². The van der Waals surface area contributed by atoms with Crippen LogP contribution in [-0.4, -0.2) is 16.8 Å². The highest BCUT2D eigenvalue weighted by molar-refractivity contribution is 7.07. The van der Waals surface area contributed by atoms with Crippen molar-refractivity contribution >= 4 is 17.2 Å². The van der Waals surface area contributed by atoms with Crippen molar-refractivity contribution in [1.29, 1.82) is 0 Å². The smallest absolute Gasteiger partial charge is 0.331 e. The molecule has 2 aromatic rings. The number of amides is 1. The number of carbonyl (C=O) groups excluding carboxylic acids is 1. The SMILES string of the molecule is O=C(c1ccccc1C(F)(F)F)N(Cc1ccsc1)C1CC1. The molecular formula is C16H14F3NOS. The number of benzene rings is 1. The molecule has 0 N–H and O–H groups in total. The molecule has 1 aromatic carbocycles. The molecule has 0 saturated heterocycles. The van der Waals surface area contributed by atoms with Crippen molar-refractivity contribution in [1.82, 2.24) is 4.90 Å². The van der Waals surface area contributed by atoms with Crippen molar-refractivity contribution in [2.45, 2.75) is 31.6 Å². The summed E-state index contributed by atoms with van der Waals surface area (Å²) < 4.78 is 39.3. The zero-order chi connectivity index (χ0) is 15.7. The standard InChI is InChI=1S/C16H14F3NOS/c17-16(18,19)14-4-2-1-3-13(14)15(21)20(12-5-6-12)9-11-7-8-22-10-11/h1-4,7-8,10,12H,5-6,9H2. The average molecular weight is 325 g/mol. The first-order chi connectivity index (χ1) is 10.5. The fraction of sp³-hybridized carbons (Fsp3) is 0.312. The van der Waals surface area contributed by atoms with Crippen molar-refractivity contribution in [3.05, 3.63) is 57.8 Å². The summed E-state index contributed by atoms with van der Waals surface area (Å²) in [7, 11) is 0. The Morgan fingerprint density at radius 3 is 2.55 bits per heavy atom. The van der Waals surface area contributed by atoms with Gasteiger partial charge in [-0.15, -0.1) is 0 Å². The van der Waals surface area contributed by atoms with Gasteiger partial charge in [0, 0.05) is 12.6 Å². The van der Waals surface area contributed by atoms with E-state index in [2.05, 4.69) is 0 Å². The topological polar surface area (TPSA) is 20.3 Å². The lowest BCUT2D eigenvalue weighted by Crippen LogP contribution is -2.33. The summed E-state index contributed by atoms with van der Waals surface area (Å²) in [6, 6.07) is 6.94. The predicted molar refractivity (Wildman–Crippen MR) is 78.7 cm³/mol. The number of carbonyl (C=O) groups is 1. The number of halogens is 3. The fourth-order valence-electron chi connectivity index (χ4n) is 2.40. The van der Waals surface area contributed by atoms with Gasteiger partial charge in [0.2, 0.25) is 0 Å². The second kappa shape index (κ2) is 5.76. The third-order valence-electron chi connectivity index (χ3n) is 3.64. The van der Waals surface area contributed by atoms with Crippen LogP contribution in [0.1, 0.15) is 34.3 Å². The zero-order valence-electron chi connectivity index (χ0n) is 11.6. The molecule has 116 valence electrons. The summed E-state index contributed by atoms with van der Waals surface area (Å²) in [5.74, 6) is -0.540. The van der Waals surface area contributed by atoms with Gasteiger partial charge in [0.05, 0.1) is 11.1 Å². The molecule has 0 bridgehead atoms. The highest BCUT2D eigenvalue weighted by Gasteiger charge is 2.39. The molecule has 1 saturated carbocycles. The fourth-order valence-corrected chi connectivity index (χ4v) is 3.06. The Bertz CT molecular complexity index is 662. The third-order valence-corrected chi connectivity index (χ3v) is 4.38. The van der Waals surface area contributed by atoms with Gasteiger partial charge in [-0.25, -0.2) is 0 Å². The van der Waals surface area contributed by atoms with E-state index in [0.717, 1.165) is 24.5 Å². The highest BCUT2D eigenvalue weighted by atomic mass is 32.1. The lowest BCUT2D eigenvalue weighted by molar-refractivity contribution is -0.138. The maximum Gasteiger partial charge on any atom is 0.417 e. The molecule has 1 fully saturated rings. The minimum Gasteiger partial charge on any atom is -0.331 e. The van der Waals surface area contributed by atoms with Crippen LogP contribution in [0.25, 0.3) is 0 Å². The van der Waals surface area contributed by atoms with Gasteiger partial charge in [0.25, 0.3) is 5.91 Å². The van der Waals surface area contributed by atoms with E-state index in [1.807, 2.05) is 16.8 Å². The predicted octanol–water partition coefficient (Wildman–Crippen LogP) is 4.57. The van der Waals surface area contributed by atoms with Crippen LogP contribution in [0.15, 0.2) is 41.1 Å². The second-order valence-corrected chi connectivity index (χ2v) is 6.12. The summed E-state index contributed by atoms with van der Waals surface area (Å²) in [6.45, 7) is 0.360. The maximum absolute atomic E-state index is 13.1. The minimum atomic E-state index is -4.52. The van der Waals surface area contributed by atoms with Gasteiger partial charge in [-0.2, -0.15) is 24.5 Å². The first kappa shape index (κ1) is 15.1. The van der Waals surface area contributed by atoms with Gasteiger partial charge in [-0.05, 0) is 47.4 Å². The molecule has 1 aliphatic carbocycles. The molecule has 1 aliphatic rings.